The Kier molecular flexibility index (Phi) is 5.73. The van der Waals surface area contributed by atoms with E-state index in [4.69, 9.17) is 9.47 Å². The topological polar surface area (TPSA) is 52.6 Å². The first kappa shape index (κ1) is 20.7. The van der Waals surface area contributed by atoms with Crippen LogP contribution in [0.5, 0.6) is 0 Å². The van der Waals surface area contributed by atoms with Gasteiger partial charge in [-0.05, 0) is 33.4 Å². The summed E-state index contributed by atoms with van der Waals surface area (Å²) in [6.07, 6.45) is -1.73. The molecular weight excluding hydrogens is 412 g/mol. The number of ether oxygens (including phenoxy) is 2. The highest BCUT2D eigenvalue weighted by Crippen LogP contribution is 2.47. The number of hydrogen-bond acceptors (Lipinski definition) is 4. The van der Waals surface area contributed by atoms with Crippen LogP contribution in [0.2, 0.25) is 0 Å². The summed E-state index contributed by atoms with van der Waals surface area (Å²) >= 11 is 0. The van der Waals surface area contributed by atoms with Crippen LogP contribution in [0.4, 0.5) is 0 Å². The molecule has 4 aromatic rings. The molecule has 1 atom stereocenters. The van der Waals surface area contributed by atoms with E-state index in [1.165, 1.54) is 0 Å². The predicted octanol–water partition coefficient (Wildman–Crippen LogP) is 5.67. The molecule has 4 aromatic carbocycles. The van der Waals surface area contributed by atoms with E-state index in [1.807, 2.05) is 109 Å². The van der Waals surface area contributed by atoms with Crippen LogP contribution in [0, 0.1) is 0 Å². The van der Waals surface area contributed by atoms with E-state index in [2.05, 4.69) is 0 Å². The van der Waals surface area contributed by atoms with Gasteiger partial charge < -0.3 is 9.47 Å². The number of carbonyl (C=O) groups is 2. The average Bonchev–Trinajstić information content (AvgIpc) is 3.21. The first-order valence-electron chi connectivity index (χ1n) is 10.9. The second kappa shape index (κ2) is 9.13. The smallest absolute Gasteiger partial charge is 0.349 e. The summed E-state index contributed by atoms with van der Waals surface area (Å²) in [5, 5.41) is 0. The number of rotatable bonds is 7. The maximum Gasteiger partial charge on any atom is 0.349 e. The van der Waals surface area contributed by atoms with Crippen molar-refractivity contribution < 1.29 is 19.1 Å². The van der Waals surface area contributed by atoms with Crippen molar-refractivity contribution >= 4 is 12.4 Å². The van der Waals surface area contributed by atoms with Crippen molar-refractivity contribution in [2.24, 2.45) is 0 Å². The van der Waals surface area contributed by atoms with E-state index in [9.17, 15) is 9.59 Å². The van der Waals surface area contributed by atoms with Gasteiger partial charge in [0.25, 0.3) is 6.47 Å². The standard InChI is InChI=1S/C29H22O4/c30-19-32-28(26-24-17-9-7-15-22(24)23-16-8-10-18-25(23)26)29(31)33-27(20-11-3-1-4-12-20)21-13-5-2-6-14-21/h1-19,26-28H. The lowest BCUT2D eigenvalue weighted by molar-refractivity contribution is -0.165. The minimum atomic E-state index is -1.11. The zero-order valence-electron chi connectivity index (χ0n) is 17.8. The Bertz CT molecular complexity index is 1180. The molecule has 1 aliphatic rings. The fourth-order valence-corrected chi connectivity index (χ4v) is 4.62. The summed E-state index contributed by atoms with van der Waals surface area (Å²) in [7, 11) is 0. The molecule has 0 aliphatic heterocycles. The van der Waals surface area contributed by atoms with Crippen LogP contribution in [0.1, 0.15) is 34.3 Å². The molecule has 0 heterocycles. The van der Waals surface area contributed by atoms with Gasteiger partial charge in [0.2, 0.25) is 6.10 Å². The summed E-state index contributed by atoms with van der Waals surface area (Å²) < 4.78 is 11.5. The second-order valence-corrected chi connectivity index (χ2v) is 7.94. The van der Waals surface area contributed by atoms with Gasteiger partial charge in [-0.1, -0.05) is 109 Å². The van der Waals surface area contributed by atoms with Crippen LogP contribution in [-0.2, 0) is 19.1 Å². The maximum absolute atomic E-state index is 13.6. The van der Waals surface area contributed by atoms with E-state index in [0.717, 1.165) is 33.4 Å². The molecule has 0 radical (unpaired) electrons. The van der Waals surface area contributed by atoms with Gasteiger partial charge in [-0.25, -0.2) is 4.79 Å². The fraction of sp³-hybridized carbons (Fsp3) is 0.103. The van der Waals surface area contributed by atoms with Crippen molar-refractivity contribution in [3.05, 3.63) is 131 Å². The summed E-state index contributed by atoms with van der Waals surface area (Å²) in [5.74, 6) is -1.03. The van der Waals surface area contributed by atoms with Crippen LogP contribution in [0.25, 0.3) is 11.1 Å². The minimum Gasteiger partial charge on any atom is -0.452 e. The Labute approximate surface area is 192 Å². The maximum atomic E-state index is 13.6. The molecule has 0 bridgehead atoms. The predicted molar refractivity (Wildman–Crippen MR) is 125 cm³/mol. The molecule has 33 heavy (non-hydrogen) atoms. The highest BCUT2D eigenvalue weighted by atomic mass is 16.6. The molecule has 0 amide bonds. The summed E-state index contributed by atoms with van der Waals surface area (Å²) in [4.78, 5) is 25.1. The summed E-state index contributed by atoms with van der Waals surface area (Å²) in [6, 6.07) is 34.9. The SMILES string of the molecule is O=COC(C(=O)OC(c1ccccc1)c1ccccc1)C1c2ccccc2-c2ccccc21. The van der Waals surface area contributed by atoms with Gasteiger partial charge in [0.15, 0.2) is 6.10 Å². The van der Waals surface area contributed by atoms with Crippen molar-refractivity contribution in [2.45, 2.75) is 18.1 Å². The number of esters is 1. The molecule has 0 saturated heterocycles. The number of fused-ring (bicyclic) bond motifs is 3. The van der Waals surface area contributed by atoms with Gasteiger partial charge in [-0.15, -0.1) is 0 Å². The molecule has 0 N–H and O–H groups in total. The van der Waals surface area contributed by atoms with Gasteiger partial charge in [0.05, 0.1) is 5.92 Å². The quantitative estimate of drug-likeness (QED) is 0.278. The lowest BCUT2D eigenvalue weighted by atomic mass is 9.91. The third-order valence-corrected chi connectivity index (χ3v) is 6.06. The van der Waals surface area contributed by atoms with Crippen LogP contribution in [-0.4, -0.2) is 18.5 Å². The van der Waals surface area contributed by atoms with Crippen LogP contribution >= 0.6 is 0 Å². The first-order chi connectivity index (χ1) is 16.3. The van der Waals surface area contributed by atoms with Crippen LogP contribution in [0.3, 0.4) is 0 Å². The molecule has 4 heteroatoms. The fourth-order valence-electron chi connectivity index (χ4n) is 4.62. The lowest BCUT2D eigenvalue weighted by Gasteiger charge is -2.26. The Morgan fingerprint density at radius 3 is 1.61 bits per heavy atom. The van der Waals surface area contributed by atoms with Gasteiger partial charge >= 0.3 is 5.97 Å². The molecule has 0 spiro atoms. The van der Waals surface area contributed by atoms with Gasteiger partial charge in [-0.2, -0.15) is 0 Å². The summed E-state index contributed by atoms with van der Waals surface area (Å²) in [6.45, 7) is 0.329. The normalized spacial score (nSPS) is 13.1. The van der Waals surface area contributed by atoms with Crippen LogP contribution in [0.15, 0.2) is 109 Å². The van der Waals surface area contributed by atoms with Crippen molar-refractivity contribution in [1.29, 1.82) is 0 Å². The molecular formula is C29H22O4. The number of carbonyl (C=O) groups excluding carboxylic acids is 2. The highest BCUT2D eigenvalue weighted by Gasteiger charge is 2.41. The lowest BCUT2D eigenvalue weighted by Crippen LogP contribution is -2.33. The van der Waals surface area contributed by atoms with Gasteiger partial charge in [-0.3, -0.25) is 4.79 Å². The van der Waals surface area contributed by atoms with E-state index >= 15 is 0 Å². The van der Waals surface area contributed by atoms with Crippen molar-refractivity contribution in [2.75, 3.05) is 0 Å². The number of hydrogen-bond donors (Lipinski definition) is 0. The van der Waals surface area contributed by atoms with Gasteiger partial charge in [0.1, 0.15) is 0 Å². The van der Waals surface area contributed by atoms with E-state index in [1.54, 1.807) is 0 Å². The van der Waals surface area contributed by atoms with Crippen molar-refractivity contribution in [3.8, 4) is 11.1 Å². The second-order valence-electron chi connectivity index (χ2n) is 7.94. The van der Waals surface area contributed by atoms with E-state index in [0.29, 0.717) is 6.47 Å². The average molecular weight is 434 g/mol. The molecule has 1 aliphatic carbocycles. The number of benzene rings is 4. The first-order valence-corrected chi connectivity index (χ1v) is 10.9. The third kappa shape index (κ3) is 3.92. The molecule has 1 unspecified atom stereocenters. The van der Waals surface area contributed by atoms with Crippen molar-refractivity contribution in [3.63, 3.8) is 0 Å². The minimum absolute atomic E-state index is 0.329. The molecule has 5 rings (SSSR count). The molecule has 0 saturated carbocycles. The van der Waals surface area contributed by atoms with Crippen LogP contribution < -0.4 is 0 Å². The third-order valence-electron chi connectivity index (χ3n) is 6.06. The van der Waals surface area contributed by atoms with E-state index in [-0.39, 0.29) is 0 Å². The highest BCUT2D eigenvalue weighted by molar-refractivity contribution is 5.85. The molecule has 162 valence electrons. The van der Waals surface area contributed by atoms with E-state index < -0.39 is 24.1 Å². The summed E-state index contributed by atoms with van der Waals surface area (Å²) in [5.41, 5.74) is 5.64. The van der Waals surface area contributed by atoms with Crippen molar-refractivity contribution in [1.82, 2.24) is 0 Å². The molecule has 4 nitrogen and oxygen atoms in total. The Hall–Kier alpha value is -4.18. The molecule has 0 aromatic heterocycles. The zero-order valence-corrected chi connectivity index (χ0v) is 17.8. The monoisotopic (exact) mass is 434 g/mol. The largest absolute Gasteiger partial charge is 0.452 e. The zero-order chi connectivity index (χ0) is 22.6. The Morgan fingerprint density at radius 1 is 0.667 bits per heavy atom. The Balaban J connectivity index is 1.54. The Morgan fingerprint density at radius 2 is 1.12 bits per heavy atom. The van der Waals surface area contributed by atoms with Gasteiger partial charge in [0, 0.05) is 0 Å². The molecule has 0 fully saturated rings.